The van der Waals surface area contributed by atoms with Crippen LogP contribution in [0.15, 0.2) is 34.4 Å². The molecule has 0 aliphatic rings. The van der Waals surface area contributed by atoms with Gasteiger partial charge in [0.05, 0.1) is 27.9 Å². The quantitative estimate of drug-likeness (QED) is 0.406. The Morgan fingerprint density at radius 2 is 1.77 bits per heavy atom. The molecule has 0 aliphatic heterocycles. The molecule has 0 N–H and O–H groups in total. The molecule has 3 rings (SSSR count). The zero-order valence-corrected chi connectivity index (χ0v) is 17.5. The normalized spacial score (nSPS) is 13.2. The number of thioether (sulfide) groups is 1. The monoisotopic (exact) mass is 466 g/mol. The van der Waals surface area contributed by atoms with Gasteiger partial charge in [-0.05, 0) is 12.1 Å². The van der Waals surface area contributed by atoms with Gasteiger partial charge in [0.15, 0.2) is 15.7 Å². The second-order valence-corrected chi connectivity index (χ2v) is 9.75. The zero-order chi connectivity index (χ0) is 22.5. The number of alkyl halides is 5. The van der Waals surface area contributed by atoms with E-state index in [-0.39, 0.29) is 27.8 Å². The molecule has 0 aromatic carbocycles. The summed E-state index contributed by atoms with van der Waals surface area (Å²) in [5, 5.41) is -0.338. The van der Waals surface area contributed by atoms with Gasteiger partial charge in [0.1, 0.15) is 10.7 Å². The van der Waals surface area contributed by atoms with Crippen LogP contribution in [0.5, 0.6) is 0 Å². The first-order chi connectivity index (χ1) is 13.7. The number of aryl methyl sites for hydroxylation is 1. The first-order valence-corrected chi connectivity index (χ1v) is 10.9. The second-order valence-electron chi connectivity index (χ2n) is 6.42. The van der Waals surface area contributed by atoms with E-state index in [4.69, 9.17) is 0 Å². The van der Waals surface area contributed by atoms with E-state index >= 15 is 0 Å². The highest BCUT2D eigenvalue weighted by Crippen LogP contribution is 2.37. The average Bonchev–Trinajstić information content (AvgIpc) is 2.95. The molecule has 13 heteroatoms. The molecular weight excluding hydrogens is 451 g/mol. The van der Waals surface area contributed by atoms with Gasteiger partial charge in [0, 0.05) is 37.5 Å². The highest BCUT2D eigenvalue weighted by Gasteiger charge is 2.32. The average molecular weight is 466 g/mol. The number of aromatic nitrogens is 4. The third-order valence-corrected chi connectivity index (χ3v) is 6.65. The van der Waals surface area contributed by atoms with Gasteiger partial charge < -0.3 is 4.57 Å². The van der Waals surface area contributed by atoms with E-state index in [2.05, 4.69) is 15.0 Å². The Morgan fingerprint density at radius 3 is 2.33 bits per heavy atom. The van der Waals surface area contributed by atoms with E-state index in [0.717, 1.165) is 18.3 Å². The predicted molar refractivity (Wildman–Crippen MR) is 101 cm³/mol. The molecule has 3 aromatic rings. The van der Waals surface area contributed by atoms with E-state index in [1.54, 1.807) is 0 Å². The largest absolute Gasteiger partial charge is 0.447 e. The molecule has 30 heavy (non-hydrogen) atoms. The second kappa shape index (κ2) is 7.45. The standard InChI is InChI=1S/C17H15F5N4O2S2/c1-4-30(27,28)12-5-9(16(2,18)19)7-24-14(12)15-25-10-6-13(29-17(20,21)22)23-8-11(10)26(15)3/h5-8H,4H2,1-3H3. The summed E-state index contributed by atoms with van der Waals surface area (Å²) in [5.74, 6) is -3.68. The maximum atomic E-state index is 13.7. The molecule has 0 atom stereocenters. The minimum Gasteiger partial charge on any atom is -0.324 e. The van der Waals surface area contributed by atoms with E-state index < -0.39 is 43.5 Å². The fourth-order valence-electron chi connectivity index (χ4n) is 2.70. The number of halogens is 5. The zero-order valence-electron chi connectivity index (χ0n) is 15.8. The number of hydrogen-bond acceptors (Lipinski definition) is 6. The summed E-state index contributed by atoms with van der Waals surface area (Å²) in [6.07, 6.45) is 2.02. The molecule has 0 amide bonds. The fourth-order valence-corrected chi connectivity index (χ4v) is 4.27. The van der Waals surface area contributed by atoms with Crippen molar-refractivity contribution in [3.05, 3.63) is 30.1 Å². The van der Waals surface area contributed by atoms with Crippen LogP contribution >= 0.6 is 11.8 Å². The van der Waals surface area contributed by atoms with Crippen molar-refractivity contribution in [2.75, 3.05) is 5.75 Å². The number of pyridine rings is 2. The highest BCUT2D eigenvalue weighted by molar-refractivity contribution is 8.00. The SMILES string of the molecule is CCS(=O)(=O)c1cc(C(C)(F)F)cnc1-c1nc2cc(SC(F)(F)F)ncc2n1C. The molecular formula is C17H15F5N4O2S2. The number of imidazole rings is 1. The van der Waals surface area contributed by atoms with Crippen molar-refractivity contribution in [3.63, 3.8) is 0 Å². The van der Waals surface area contributed by atoms with Gasteiger partial charge in [-0.1, -0.05) is 6.92 Å². The van der Waals surface area contributed by atoms with Gasteiger partial charge in [-0.2, -0.15) is 13.2 Å². The lowest BCUT2D eigenvalue weighted by molar-refractivity contribution is -0.0329. The lowest BCUT2D eigenvalue weighted by Gasteiger charge is -2.14. The summed E-state index contributed by atoms with van der Waals surface area (Å²) in [5.41, 5.74) is -4.84. The predicted octanol–water partition coefficient (Wildman–Crippen LogP) is 4.55. The summed E-state index contributed by atoms with van der Waals surface area (Å²) in [7, 11) is -2.47. The molecule has 3 aromatic heterocycles. The number of rotatable bonds is 5. The summed E-state index contributed by atoms with van der Waals surface area (Å²) in [6, 6.07) is 1.96. The van der Waals surface area contributed by atoms with Crippen LogP contribution in [0.4, 0.5) is 22.0 Å². The molecule has 162 valence electrons. The Bertz CT molecular complexity index is 1220. The number of hydrogen-bond donors (Lipinski definition) is 0. The Kier molecular flexibility index (Phi) is 5.56. The molecule has 0 saturated carbocycles. The van der Waals surface area contributed by atoms with Crippen LogP contribution in [-0.2, 0) is 22.8 Å². The van der Waals surface area contributed by atoms with Gasteiger partial charge in [-0.15, -0.1) is 0 Å². The summed E-state index contributed by atoms with van der Waals surface area (Å²) < 4.78 is 91.8. The fraction of sp³-hybridized carbons (Fsp3) is 0.353. The lowest BCUT2D eigenvalue weighted by atomic mass is 10.1. The van der Waals surface area contributed by atoms with Crippen molar-refractivity contribution < 1.29 is 30.4 Å². The van der Waals surface area contributed by atoms with E-state index in [0.29, 0.717) is 12.4 Å². The molecule has 0 saturated heterocycles. The first kappa shape index (κ1) is 22.4. The molecule has 0 radical (unpaired) electrons. The smallest absolute Gasteiger partial charge is 0.324 e. The van der Waals surface area contributed by atoms with Crippen LogP contribution in [0, 0.1) is 0 Å². The lowest BCUT2D eigenvalue weighted by Crippen LogP contribution is -2.13. The van der Waals surface area contributed by atoms with E-state index in [1.165, 1.54) is 24.7 Å². The first-order valence-electron chi connectivity index (χ1n) is 8.42. The third-order valence-electron chi connectivity index (χ3n) is 4.25. The van der Waals surface area contributed by atoms with Crippen LogP contribution in [0.1, 0.15) is 19.4 Å². The van der Waals surface area contributed by atoms with Crippen LogP contribution in [0.25, 0.3) is 22.6 Å². The van der Waals surface area contributed by atoms with Crippen molar-refractivity contribution in [3.8, 4) is 11.5 Å². The minimum absolute atomic E-state index is 0.000969. The summed E-state index contributed by atoms with van der Waals surface area (Å²) in [4.78, 5) is 11.4. The van der Waals surface area contributed by atoms with Crippen LogP contribution in [-0.4, -0.2) is 39.2 Å². The number of fused-ring (bicyclic) bond motifs is 1. The van der Waals surface area contributed by atoms with Gasteiger partial charge in [0.2, 0.25) is 0 Å². The maximum absolute atomic E-state index is 13.7. The van der Waals surface area contributed by atoms with Gasteiger partial charge in [0.25, 0.3) is 5.92 Å². The Morgan fingerprint density at radius 1 is 1.10 bits per heavy atom. The van der Waals surface area contributed by atoms with Crippen LogP contribution < -0.4 is 0 Å². The number of nitrogens with zero attached hydrogens (tertiary/aromatic N) is 4. The van der Waals surface area contributed by atoms with Crippen LogP contribution in [0.2, 0.25) is 0 Å². The van der Waals surface area contributed by atoms with Gasteiger partial charge in [-0.25, -0.2) is 27.2 Å². The van der Waals surface area contributed by atoms with Crippen molar-refractivity contribution in [1.82, 2.24) is 19.5 Å². The van der Waals surface area contributed by atoms with E-state index in [9.17, 15) is 30.4 Å². The third kappa shape index (κ3) is 4.41. The number of sulfone groups is 1. The van der Waals surface area contributed by atoms with Gasteiger partial charge in [-0.3, -0.25) is 4.98 Å². The van der Waals surface area contributed by atoms with Crippen molar-refractivity contribution in [2.24, 2.45) is 7.05 Å². The Hall–Kier alpha value is -2.28. The molecule has 0 unspecified atom stereocenters. The molecule has 0 spiro atoms. The highest BCUT2D eigenvalue weighted by atomic mass is 32.2. The molecule has 0 aliphatic carbocycles. The summed E-state index contributed by atoms with van der Waals surface area (Å²) in [6.45, 7) is 1.97. The molecule has 3 heterocycles. The van der Waals surface area contributed by atoms with Crippen molar-refractivity contribution in [2.45, 2.75) is 35.2 Å². The maximum Gasteiger partial charge on any atom is 0.447 e. The molecule has 0 bridgehead atoms. The van der Waals surface area contributed by atoms with Crippen LogP contribution in [0.3, 0.4) is 0 Å². The van der Waals surface area contributed by atoms with E-state index in [1.807, 2.05) is 0 Å². The minimum atomic E-state index is -4.54. The van der Waals surface area contributed by atoms with Gasteiger partial charge >= 0.3 is 5.51 Å². The van der Waals surface area contributed by atoms with Crippen molar-refractivity contribution >= 4 is 32.6 Å². The summed E-state index contributed by atoms with van der Waals surface area (Å²) >= 11 is -0.413. The van der Waals surface area contributed by atoms with Crippen molar-refractivity contribution in [1.29, 1.82) is 0 Å². The Labute approximate surface area is 172 Å². The topological polar surface area (TPSA) is 77.7 Å². The Balaban J connectivity index is 2.23. The molecule has 0 fully saturated rings. The molecule has 6 nitrogen and oxygen atoms in total.